The fourth-order valence-electron chi connectivity index (χ4n) is 1.88. The first-order chi connectivity index (χ1) is 10.9. The molecule has 2 aromatic rings. The van der Waals surface area contributed by atoms with Gasteiger partial charge in [-0.1, -0.05) is 29.3 Å². The highest BCUT2D eigenvalue weighted by molar-refractivity contribution is 6.33. The molecule has 0 aliphatic rings. The minimum absolute atomic E-state index is 0.0653. The smallest absolute Gasteiger partial charge is 0.338 e. The van der Waals surface area contributed by atoms with Crippen molar-refractivity contribution in [3.8, 4) is 0 Å². The van der Waals surface area contributed by atoms with Gasteiger partial charge in [0, 0.05) is 0 Å². The third-order valence-electron chi connectivity index (χ3n) is 3.10. The Bertz CT molecular complexity index is 748. The Kier molecular flexibility index (Phi) is 5.34. The number of halogens is 2. The summed E-state index contributed by atoms with van der Waals surface area (Å²) in [7, 11) is 0. The predicted octanol–water partition coefficient (Wildman–Crippen LogP) is 3.97. The minimum Gasteiger partial charge on any atom is -0.449 e. The molecule has 2 aromatic carbocycles. The van der Waals surface area contributed by atoms with E-state index >= 15 is 0 Å². The fourth-order valence-corrected chi connectivity index (χ4v) is 2.09. The number of rotatable bonds is 4. The molecular formula is C17H15ClFNO3. The third kappa shape index (κ3) is 4.53. The SMILES string of the molecule is Cc1cccc(C(=O)OC(C)C(=O)Nc2ccc(F)cc2Cl)c1. The molecule has 0 heterocycles. The monoisotopic (exact) mass is 335 g/mol. The Labute approximate surface area is 138 Å². The second-order valence-corrected chi connectivity index (χ2v) is 5.44. The Hall–Kier alpha value is -2.40. The van der Waals surface area contributed by atoms with Crippen LogP contribution in [0.15, 0.2) is 42.5 Å². The summed E-state index contributed by atoms with van der Waals surface area (Å²) >= 11 is 5.83. The number of carbonyl (C=O) groups is 2. The van der Waals surface area contributed by atoms with Gasteiger partial charge in [0.15, 0.2) is 6.10 Å². The maximum atomic E-state index is 13.0. The lowest BCUT2D eigenvalue weighted by Crippen LogP contribution is -2.30. The van der Waals surface area contributed by atoms with Gasteiger partial charge in [-0.25, -0.2) is 9.18 Å². The summed E-state index contributed by atoms with van der Waals surface area (Å²) in [4.78, 5) is 24.0. The lowest BCUT2D eigenvalue weighted by Gasteiger charge is -2.14. The first-order valence-electron chi connectivity index (χ1n) is 6.90. The van der Waals surface area contributed by atoms with Crippen LogP contribution in [0.5, 0.6) is 0 Å². The van der Waals surface area contributed by atoms with E-state index in [0.717, 1.165) is 11.6 Å². The summed E-state index contributed by atoms with van der Waals surface area (Å²) in [6, 6.07) is 10.5. The van der Waals surface area contributed by atoms with Crippen LogP contribution in [-0.4, -0.2) is 18.0 Å². The molecule has 0 radical (unpaired) electrons. The summed E-state index contributed by atoms with van der Waals surface area (Å²) < 4.78 is 18.1. The molecule has 0 spiro atoms. The quantitative estimate of drug-likeness (QED) is 0.860. The number of ether oxygens (including phenoxy) is 1. The zero-order chi connectivity index (χ0) is 17.0. The molecule has 1 amide bonds. The number of hydrogen-bond donors (Lipinski definition) is 1. The van der Waals surface area contributed by atoms with Crippen molar-refractivity contribution >= 4 is 29.2 Å². The van der Waals surface area contributed by atoms with E-state index in [0.29, 0.717) is 5.56 Å². The summed E-state index contributed by atoms with van der Waals surface area (Å²) in [5, 5.41) is 2.56. The topological polar surface area (TPSA) is 55.4 Å². The maximum absolute atomic E-state index is 13.0. The van der Waals surface area contributed by atoms with Crippen molar-refractivity contribution in [2.75, 3.05) is 5.32 Å². The number of aryl methyl sites for hydroxylation is 1. The van der Waals surface area contributed by atoms with Crippen molar-refractivity contribution in [2.24, 2.45) is 0 Å². The minimum atomic E-state index is -1.02. The van der Waals surface area contributed by atoms with Crippen molar-refractivity contribution in [2.45, 2.75) is 20.0 Å². The van der Waals surface area contributed by atoms with E-state index in [1.807, 2.05) is 13.0 Å². The highest BCUT2D eigenvalue weighted by Crippen LogP contribution is 2.22. The van der Waals surface area contributed by atoms with Crippen LogP contribution in [0.25, 0.3) is 0 Å². The fraction of sp³-hybridized carbons (Fsp3) is 0.176. The van der Waals surface area contributed by atoms with Gasteiger partial charge in [0.05, 0.1) is 16.3 Å². The van der Waals surface area contributed by atoms with Gasteiger partial charge in [0.1, 0.15) is 5.82 Å². The molecule has 0 aromatic heterocycles. The van der Waals surface area contributed by atoms with Crippen LogP contribution in [0.2, 0.25) is 5.02 Å². The van der Waals surface area contributed by atoms with Gasteiger partial charge < -0.3 is 10.1 Å². The third-order valence-corrected chi connectivity index (χ3v) is 3.41. The molecule has 0 saturated heterocycles. The normalized spacial score (nSPS) is 11.7. The van der Waals surface area contributed by atoms with E-state index in [-0.39, 0.29) is 10.7 Å². The second kappa shape index (κ2) is 7.24. The molecule has 6 heteroatoms. The molecular weight excluding hydrogens is 321 g/mol. The first kappa shape index (κ1) is 17.0. The number of carbonyl (C=O) groups excluding carboxylic acids is 2. The van der Waals surface area contributed by atoms with Gasteiger partial charge in [-0.2, -0.15) is 0 Å². The first-order valence-corrected chi connectivity index (χ1v) is 7.28. The molecule has 0 aliphatic heterocycles. The Morgan fingerprint density at radius 1 is 1.22 bits per heavy atom. The average molecular weight is 336 g/mol. The number of benzene rings is 2. The molecule has 120 valence electrons. The lowest BCUT2D eigenvalue weighted by atomic mass is 10.1. The molecule has 4 nitrogen and oxygen atoms in total. The summed E-state index contributed by atoms with van der Waals surface area (Å²) in [6.45, 7) is 3.30. The summed E-state index contributed by atoms with van der Waals surface area (Å²) in [5.41, 5.74) is 1.52. The molecule has 23 heavy (non-hydrogen) atoms. The number of amides is 1. The van der Waals surface area contributed by atoms with E-state index in [4.69, 9.17) is 16.3 Å². The van der Waals surface area contributed by atoms with Gasteiger partial charge in [-0.3, -0.25) is 4.79 Å². The van der Waals surface area contributed by atoms with Gasteiger partial charge >= 0.3 is 5.97 Å². The van der Waals surface area contributed by atoms with Crippen molar-refractivity contribution < 1.29 is 18.7 Å². The zero-order valence-electron chi connectivity index (χ0n) is 12.6. The molecule has 2 rings (SSSR count). The largest absolute Gasteiger partial charge is 0.449 e. The standard InChI is InChI=1S/C17H15ClFNO3/c1-10-4-3-5-12(8-10)17(22)23-11(2)16(21)20-15-7-6-13(19)9-14(15)18/h3-9,11H,1-2H3,(H,20,21). The van der Waals surface area contributed by atoms with Crippen LogP contribution in [0, 0.1) is 12.7 Å². The van der Waals surface area contributed by atoms with Crippen LogP contribution in [0.1, 0.15) is 22.8 Å². The van der Waals surface area contributed by atoms with Crippen molar-refractivity contribution in [3.63, 3.8) is 0 Å². The van der Waals surface area contributed by atoms with Crippen molar-refractivity contribution in [3.05, 3.63) is 64.4 Å². The Balaban J connectivity index is 2.01. The lowest BCUT2D eigenvalue weighted by molar-refractivity contribution is -0.123. The van der Waals surface area contributed by atoms with Crippen LogP contribution < -0.4 is 5.32 Å². The molecule has 0 saturated carbocycles. The van der Waals surface area contributed by atoms with Crippen LogP contribution in [0.3, 0.4) is 0 Å². The molecule has 1 unspecified atom stereocenters. The number of anilines is 1. The highest BCUT2D eigenvalue weighted by atomic mass is 35.5. The average Bonchev–Trinajstić information content (AvgIpc) is 2.49. The summed E-state index contributed by atoms with van der Waals surface area (Å²) in [6.07, 6.45) is -1.02. The zero-order valence-corrected chi connectivity index (χ0v) is 13.4. The van der Waals surface area contributed by atoms with Gasteiger partial charge in [0.25, 0.3) is 5.91 Å². The van der Waals surface area contributed by atoms with Crippen molar-refractivity contribution in [1.82, 2.24) is 0 Å². The van der Waals surface area contributed by atoms with Crippen molar-refractivity contribution in [1.29, 1.82) is 0 Å². The molecule has 0 aliphatic carbocycles. The Morgan fingerprint density at radius 2 is 1.96 bits per heavy atom. The van der Waals surface area contributed by atoms with Crippen LogP contribution >= 0.6 is 11.6 Å². The van der Waals surface area contributed by atoms with Crippen LogP contribution in [-0.2, 0) is 9.53 Å². The van der Waals surface area contributed by atoms with Gasteiger partial charge in [-0.05, 0) is 44.2 Å². The van der Waals surface area contributed by atoms with Gasteiger partial charge in [0.2, 0.25) is 0 Å². The number of hydrogen-bond acceptors (Lipinski definition) is 3. The number of nitrogens with one attached hydrogen (secondary N) is 1. The van der Waals surface area contributed by atoms with E-state index in [1.165, 1.54) is 19.1 Å². The van der Waals surface area contributed by atoms with Gasteiger partial charge in [-0.15, -0.1) is 0 Å². The molecule has 1 atom stereocenters. The van der Waals surface area contributed by atoms with E-state index in [2.05, 4.69) is 5.32 Å². The molecule has 0 fully saturated rings. The molecule has 1 N–H and O–H groups in total. The van der Waals surface area contributed by atoms with E-state index in [9.17, 15) is 14.0 Å². The maximum Gasteiger partial charge on any atom is 0.338 e. The highest BCUT2D eigenvalue weighted by Gasteiger charge is 2.20. The molecule has 0 bridgehead atoms. The predicted molar refractivity (Wildman–Crippen MR) is 86.1 cm³/mol. The van der Waals surface area contributed by atoms with Crippen LogP contribution in [0.4, 0.5) is 10.1 Å². The van der Waals surface area contributed by atoms with E-state index in [1.54, 1.807) is 18.2 Å². The second-order valence-electron chi connectivity index (χ2n) is 5.03. The summed E-state index contributed by atoms with van der Waals surface area (Å²) in [5.74, 6) is -1.66. The van der Waals surface area contributed by atoms with E-state index < -0.39 is 23.8 Å². The Morgan fingerprint density at radius 3 is 2.61 bits per heavy atom. The number of esters is 1.